The molecule has 1 heterocycles. The van der Waals surface area contributed by atoms with Gasteiger partial charge in [0, 0.05) is 28.1 Å². The number of rotatable bonds is 7. The van der Waals surface area contributed by atoms with Crippen LogP contribution in [0.4, 0.5) is 0 Å². The minimum atomic E-state index is 0.455. The molecule has 16 heavy (non-hydrogen) atoms. The molecule has 0 aromatic carbocycles. The second-order valence-electron chi connectivity index (χ2n) is 3.59. The fourth-order valence-electron chi connectivity index (χ4n) is 1.40. The van der Waals surface area contributed by atoms with Gasteiger partial charge in [0.2, 0.25) is 0 Å². The number of thioether (sulfide) groups is 1. The van der Waals surface area contributed by atoms with E-state index in [-0.39, 0.29) is 0 Å². The van der Waals surface area contributed by atoms with E-state index < -0.39 is 0 Å². The van der Waals surface area contributed by atoms with Crippen LogP contribution in [0.1, 0.15) is 29.6 Å². The first-order valence-corrected chi connectivity index (χ1v) is 7.58. The van der Waals surface area contributed by atoms with Crippen molar-refractivity contribution in [3.63, 3.8) is 0 Å². The summed E-state index contributed by atoms with van der Waals surface area (Å²) in [7, 11) is 0. The fourth-order valence-corrected chi connectivity index (χ4v) is 2.90. The molecule has 1 aromatic rings. The summed E-state index contributed by atoms with van der Waals surface area (Å²) in [5.41, 5.74) is 0. The first-order chi connectivity index (χ1) is 7.77. The van der Waals surface area contributed by atoms with Gasteiger partial charge in [0.25, 0.3) is 0 Å². The predicted octanol–water partition coefficient (Wildman–Crippen LogP) is 3.33. The van der Waals surface area contributed by atoms with Crippen molar-refractivity contribution in [1.82, 2.24) is 5.32 Å². The number of aryl methyl sites for hydroxylation is 1. The van der Waals surface area contributed by atoms with Gasteiger partial charge in [0.05, 0.1) is 5.75 Å². The van der Waals surface area contributed by atoms with E-state index in [4.69, 9.17) is 6.42 Å². The SMILES string of the molecule is C#CCSCCNC(C)c1ccc(CC)s1. The molecular weight excluding hydrogens is 234 g/mol. The number of hydrogen-bond donors (Lipinski definition) is 1. The minimum Gasteiger partial charge on any atom is -0.309 e. The van der Waals surface area contributed by atoms with Crippen molar-refractivity contribution >= 4 is 23.1 Å². The van der Waals surface area contributed by atoms with Gasteiger partial charge in [0.1, 0.15) is 0 Å². The Balaban J connectivity index is 2.24. The zero-order valence-electron chi connectivity index (χ0n) is 9.95. The maximum Gasteiger partial charge on any atom is 0.0545 e. The molecule has 1 unspecified atom stereocenters. The molecule has 1 N–H and O–H groups in total. The molecule has 1 aromatic heterocycles. The molecule has 0 bridgehead atoms. The quantitative estimate of drug-likeness (QED) is 0.591. The van der Waals surface area contributed by atoms with Gasteiger partial charge >= 0.3 is 0 Å². The number of terminal acetylenes is 1. The van der Waals surface area contributed by atoms with Crippen LogP contribution in [-0.4, -0.2) is 18.1 Å². The summed E-state index contributed by atoms with van der Waals surface area (Å²) >= 11 is 3.71. The van der Waals surface area contributed by atoms with Crippen molar-refractivity contribution in [2.75, 3.05) is 18.1 Å². The van der Waals surface area contributed by atoms with E-state index in [0.717, 1.165) is 24.5 Å². The molecular formula is C13H19NS2. The molecule has 0 saturated carbocycles. The van der Waals surface area contributed by atoms with Crippen LogP contribution in [0.25, 0.3) is 0 Å². The monoisotopic (exact) mass is 253 g/mol. The van der Waals surface area contributed by atoms with Crippen molar-refractivity contribution < 1.29 is 0 Å². The van der Waals surface area contributed by atoms with Crippen LogP contribution in [0.3, 0.4) is 0 Å². The highest BCUT2D eigenvalue weighted by Crippen LogP contribution is 2.23. The van der Waals surface area contributed by atoms with Gasteiger partial charge in [-0.05, 0) is 25.5 Å². The summed E-state index contributed by atoms with van der Waals surface area (Å²) < 4.78 is 0. The van der Waals surface area contributed by atoms with Crippen LogP contribution in [0.2, 0.25) is 0 Å². The van der Waals surface area contributed by atoms with Gasteiger partial charge < -0.3 is 5.32 Å². The molecule has 0 saturated heterocycles. The van der Waals surface area contributed by atoms with E-state index in [2.05, 4.69) is 37.2 Å². The summed E-state index contributed by atoms with van der Waals surface area (Å²) in [6.45, 7) is 5.44. The number of thiophene rings is 1. The van der Waals surface area contributed by atoms with Crippen molar-refractivity contribution in [3.05, 3.63) is 21.9 Å². The van der Waals surface area contributed by atoms with E-state index in [1.54, 1.807) is 11.8 Å². The number of hydrogen-bond acceptors (Lipinski definition) is 3. The van der Waals surface area contributed by atoms with Crippen molar-refractivity contribution in [1.29, 1.82) is 0 Å². The van der Waals surface area contributed by atoms with E-state index in [0.29, 0.717) is 6.04 Å². The molecule has 3 heteroatoms. The van der Waals surface area contributed by atoms with Crippen molar-refractivity contribution in [3.8, 4) is 12.3 Å². The molecule has 0 aliphatic rings. The lowest BCUT2D eigenvalue weighted by Gasteiger charge is -2.11. The lowest BCUT2D eigenvalue weighted by Crippen LogP contribution is -2.20. The van der Waals surface area contributed by atoms with Gasteiger partial charge in [-0.25, -0.2) is 0 Å². The molecule has 0 spiro atoms. The summed E-state index contributed by atoms with van der Waals surface area (Å²) in [5, 5.41) is 3.52. The van der Waals surface area contributed by atoms with Gasteiger partial charge in [-0.2, -0.15) is 0 Å². The zero-order chi connectivity index (χ0) is 11.8. The highest BCUT2D eigenvalue weighted by Gasteiger charge is 2.06. The molecule has 1 rings (SSSR count). The van der Waals surface area contributed by atoms with E-state index in [1.807, 2.05) is 11.3 Å². The average Bonchev–Trinajstić information content (AvgIpc) is 2.77. The van der Waals surface area contributed by atoms with Crippen LogP contribution in [0.15, 0.2) is 12.1 Å². The number of nitrogens with one attached hydrogen (secondary N) is 1. The Kier molecular flexibility index (Phi) is 6.63. The smallest absolute Gasteiger partial charge is 0.0545 e. The van der Waals surface area contributed by atoms with E-state index in [1.165, 1.54) is 9.75 Å². The van der Waals surface area contributed by atoms with E-state index >= 15 is 0 Å². The van der Waals surface area contributed by atoms with E-state index in [9.17, 15) is 0 Å². The lowest BCUT2D eigenvalue weighted by molar-refractivity contribution is 0.610. The zero-order valence-corrected chi connectivity index (χ0v) is 11.6. The second kappa shape index (κ2) is 7.78. The maximum atomic E-state index is 5.19. The molecule has 1 nitrogen and oxygen atoms in total. The Hall–Kier alpha value is -0.430. The Morgan fingerprint density at radius 3 is 3.00 bits per heavy atom. The summed E-state index contributed by atoms with van der Waals surface area (Å²) in [4.78, 5) is 2.89. The molecule has 1 atom stereocenters. The maximum absolute atomic E-state index is 5.19. The van der Waals surface area contributed by atoms with Crippen LogP contribution in [0.5, 0.6) is 0 Å². The Morgan fingerprint density at radius 1 is 1.56 bits per heavy atom. The van der Waals surface area contributed by atoms with Gasteiger partial charge in [-0.3, -0.25) is 0 Å². The van der Waals surface area contributed by atoms with Gasteiger partial charge in [0.15, 0.2) is 0 Å². The minimum absolute atomic E-state index is 0.455. The normalized spacial score (nSPS) is 12.3. The largest absolute Gasteiger partial charge is 0.309 e. The first-order valence-electron chi connectivity index (χ1n) is 5.61. The first kappa shape index (κ1) is 13.6. The van der Waals surface area contributed by atoms with Crippen molar-refractivity contribution in [2.45, 2.75) is 26.3 Å². The van der Waals surface area contributed by atoms with Crippen LogP contribution in [0, 0.1) is 12.3 Å². The molecule has 0 aliphatic heterocycles. The fraction of sp³-hybridized carbons (Fsp3) is 0.538. The molecule has 0 fully saturated rings. The Labute approximate surface area is 107 Å². The summed E-state index contributed by atoms with van der Waals surface area (Å²) in [5.74, 6) is 4.53. The Bertz CT molecular complexity index is 338. The Morgan fingerprint density at radius 2 is 2.38 bits per heavy atom. The third-order valence-electron chi connectivity index (χ3n) is 2.34. The standard InChI is InChI=1S/C13H19NS2/c1-4-9-15-10-8-14-11(3)13-7-6-12(5-2)16-13/h1,6-7,11,14H,5,8-10H2,2-3H3. The van der Waals surface area contributed by atoms with Crippen LogP contribution >= 0.6 is 23.1 Å². The average molecular weight is 253 g/mol. The summed E-state index contributed by atoms with van der Waals surface area (Å²) in [6, 6.07) is 4.91. The topological polar surface area (TPSA) is 12.0 Å². The molecule has 88 valence electrons. The lowest BCUT2D eigenvalue weighted by atomic mass is 10.2. The molecule has 0 aliphatic carbocycles. The van der Waals surface area contributed by atoms with Crippen molar-refractivity contribution in [2.24, 2.45) is 0 Å². The van der Waals surface area contributed by atoms with Gasteiger partial charge in [-0.15, -0.1) is 29.5 Å². The molecule has 0 radical (unpaired) electrons. The van der Waals surface area contributed by atoms with Crippen LogP contribution < -0.4 is 5.32 Å². The van der Waals surface area contributed by atoms with Gasteiger partial charge in [-0.1, -0.05) is 12.8 Å². The summed E-state index contributed by atoms with van der Waals surface area (Å²) in [6.07, 6.45) is 6.32. The highest BCUT2D eigenvalue weighted by atomic mass is 32.2. The second-order valence-corrected chi connectivity index (χ2v) is 5.90. The van der Waals surface area contributed by atoms with Crippen LogP contribution in [-0.2, 0) is 6.42 Å². The highest BCUT2D eigenvalue weighted by molar-refractivity contribution is 7.99. The third-order valence-corrected chi connectivity index (χ3v) is 4.62. The predicted molar refractivity (Wildman–Crippen MR) is 76.3 cm³/mol. The molecule has 0 amide bonds. The third kappa shape index (κ3) is 4.61.